The number of rotatable bonds is 8. The predicted molar refractivity (Wildman–Crippen MR) is 106 cm³/mol. The Bertz CT molecular complexity index is 901. The maximum absolute atomic E-state index is 11.9. The smallest absolute Gasteiger partial charge is 0.335 e. The van der Waals surface area contributed by atoms with Crippen LogP contribution in [0.25, 0.3) is 0 Å². The molecule has 3 rings (SSSR count). The van der Waals surface area contributed by atoms with Crippen molar-refractivity contribution >= 4 is 24.1 Å². The quantitative estimate of drug-likeness (QED) is 0.395. The highest BCUT2D eigenvalue weighted by Crippen LogP contribution is 2.17. The van der Waals surface area contributed by atoms with Crippen molar-refractivity contribution in [2.24, 2.45) is 5.10 Å². The van der Waals surface area contributed by atoms with Crippen molar-refractivity contribution in [3.05, 3.63) is 65.7 Å². The Morgan fingerprint density at radius 2 is 1.86 bits per heavy atom. The van der Waals surface area contributed by atoms with E-state index in [-0.39, 0.29) is 18.7 Å². The number of para-hydroxylation sites is 1. The summed E-state index contributed by atoms with van der Waals surface area (Å²) in [5.41, 5.74) is 9.02. The number of nitrogens with one attached hydrogen (secondary N) is 4. The molecule has 1 unspecified atom stereocenters. The number of imide groups is 1. The molecule has 0 bridgehead atoms. The third-order valence-corrected chi connectivity index (χ3v) is 4.12. The Balaban J connectivity index is 1.48. The van der Waals surface area contributed by atoms with Crippen LogP contribution in [0.1, 0.15) is 24.0 Å². The molecule has 0 spiro atoms. The summed E-state index contributed by atoms with van der Waals surface area (Å²) in [6, 6.07) is 15.9. The minimum atomic E-state index is -0.672. The van der Waals surface area contributed by atoms with Crippen LogP contribution in [-0.2, 0) is 16.2 Å². The van der Waals surface area contributed by atoms with Gasteiger partial charge in [-0.2, -0.15) is 5.10 Å². The maximum Gasteiger partial charge on any atom is 0.335 e. The molecule has 150 valence electrons. The average molecular weight is 395 g/mol. The molecule has 1 atom stereocenters. The third kappa shape index (κ3) is 6.15. The van der Waals surface area contributed by atoms with Gasteiger partial charge in [0.25, 0.3) is 0 Å². The first-order valence-electron chi connectivity index (χ1n) is 9.06. The Morgan fingerprint density at radius 3 is 2.66 bits per heavy atom. The molecule has 1 aliphatic heterocycles. The summed E-state index contributed by atoms with van der Waals surface area (Å²) < 4.78 is 5.84. The summed E-state index contributed by atoms with van der Waals surface area (Å²) in [6.07, 6.45) is 1.78. The van der Waals surface area contributed by atoms with Crippen molar-refractivity contribution < 1.29 is 19.1 Å². The van der Waals surface area contributed by atoms with E-state index in [9.17, 15) is 14.4 Å². The second kappa shape index (κ2) is 10.00. The molecule has 2 aromatic rings. The van der Waals surface area contributed by atoms with Crippen LogP contribution in [0.5, 0.6) is 5.75 Å². The zero-order valence-corrected chi connectivity index (χ0v) is 15.6. The maximum atomic E-state index is 11.9. The van der Waals surface area contributed by atoms with Crippen LogP contribution >= 0.6 is 0 Å². The molecule has 9 heteroatoms. The van der Waals surface area contributed by atoms with Gasteiger partial charge in [-0.25, -0.2) is 15.6 Å². The minimum Gasteiger partial charge on any atom is -0.488 e. The van der Waals surface area contributed by atoms with Gasteiger partial charge in [-0.1, -0.05) is 42.5 Å². The number of benzene rings is 2. The molecule has 0 aliphatic carbocycles. The lowest BCUT2D eigenvalue weighted by molar-refractivity contribution is -0.124. The van der Waals surface area contributed by atoms with Gasteiger partial charge in [-0.3, -0.25) is 20.3 Å². The van der Waals surface area contributed by atoms with Crippen LogP contribution in [0.2, 0.25) is 0 Å². The summed E-state index contributed by atoms with van der Waals surface area (Å²) in [4.78, 5) is 34.5. The zero-order valence-electron chi connectivity index (χ0n) is 15.6. The molecular weight excluding hydrogens is 374 g/mol. The van der Waals surface area contributed by atoms with E-state index in [0.717, 1.165) is 11.1 Å². The first-order chi connectivity index (χ1) is 14.1. The van der Waals surface area contributed by atoms with E-state index in [0.29, 0.717) is 12.4 Å². The second-order valence-electron chi connectivity index (χ2n) is 6.28. The van der Waals surface area contributed by atoms with Crippen LogP contribution in [0.4, 0.5) is 4.79 Å². The average Bonchev–Trinajstić information content (AvgIpc) is 2.73. The molecule has 4 N–H and O–H groups in total. The number of urea groups is 1. The highest BCUT2D eigenvalue weighted by atomic mass is 16.5. The van der Waals surface area contributed by atoms with Crippen molar-refractivity contribution in [3.8, 4) is 5.75 Å². The summed E-state index contributed by atoms with van der Waals surface area (Å²) in [5.74, 6) is -0.182. The van der Waals surface area contributed by atoms with Gasteiger partial charge in [-0.05, 0) is 24.1 Å². The molecular formula is C20H21N5O4. The summed E-state index contributed by atoms with van der Waals surface area (Å²) in [6.45, 7) is 0.422. The monoisotopic (exact) mass is 395 g/mol. The number of carbonyl (C=O) groups is 3. The fourth-order valence-electron chi connectivity index (χ4n) is 2.61. The molecule has 4 amide bonds. The largest absolute Gasteiger partial charge is 0.488 e. The summed E-state index contributed by atoms with van der Waals surface area (Å²) in [5, 5.41) is 6.08. The van der Waals surface area contributed by atoms with Crippen LogP contribution < -0.4 is 26.3 Å². The highest BCUT2D eigenvalue weighted by molar-refractivity contribution is 5.99. The van der Waals surface area contributed by atoms with Crippen LogP contribution in [0.3, 0.4) is 0 Å². The molecule has 2 aromatic carbocycles. The number of carbonyl (C=O) groups excluding carboxylic acids is 3. The van der Waals surface area contributed by atoms with Gasteiger partial charge in [-0.15, -0.1) is 0 Å². The SMILES string of the molecule is O=C(CCC1NNC(=O)NC1=O)N/N=C/c1ccccc1OCc1ccccc1. The molecule has 9 nitrogen and oxygen atoms in total. The van der Waals surface area contributed by atoms with Crippen molar-refractivity contribution in [3.63, 3.8) is 0 Å². The lowest BCUT2D eigenvalue weighted by atomic mass is 10.1. The van der Waals surface area contributed by atoms with Gasteiger partial charge in [0.05, 0.1) is 6.21 Å². The molecule has 0 aromatic heterocycles. The van der Waals surface area contributed by atoms with E-state index in [1.165, 1.54) is 6.21 Å². The third-order valence-electron chi connectivity index (χ3n) is 4.12. The Labute approximate surface area is 167 Å². The van der Waals surface area contributed by atoms with Crippen LogP contribution in [-0.4, -0.2) is 30.1 Å². The number of amides is 4. The molecule has 29 heavy (non-hydrogen) atoms. The van der Waals surface area contributed by atoms with Gasteiger partial charge in [0.15, 0.2) is 0 Å². The van der Waals surface area contributed by atoms with Crippen molar-refractivity contribution in [2.45, 2.75) is 25.5 Å². The molecule has 1 heterocycles. The summed E-state index contributed by atoms with van der Waals surface area (Å²) in [7, 11) is 0. The number of hydrogen-bond acceptors (Lipinski definition) is 6. The Morgan fingerprint density at radius 1 is 1.10 bits per heavy atom. The minimum absolute atomic E-state index is 0.0600. The van der Waals surface area contributed by atoms with Gasteiger partial charge in [0.1, 0.15) is 18.4 Å². The molecule has 0 saturated carbocycles. The predicted octanol–water partition coefficient (Wildman–Crippen LogP) is 1.21. The summed E-state index contributed by atoms with van der Waals surface area (Å²) >= 11 is 0. The van der Waals surface area contributed by atoms with Gasteiger partial charge in [0.2, 0.25) is 11.8 Å². The topological polar surface area (TPSA) is 121 Å². The van der Waals surface area contributed by atoms with E-state index in [4.69, 9.17) is 4.74 Å². The number of hydrazone groups is 1. The van der Waals surface area contributed by atoms with E-state index >= 15 is 0 Å². The number of ether oxygens (including phenoxy) is 1. The van der Waals surface area contributed by atoms with Gasteiger partial charge in [0, 0.05) is 12.0 Å². The van der Waals surface area contributed by atoms with Gasteiger partial charge >= 0.3 is 6.03 Å². The normalized spacial score (nSPS) is 16.2. The van der Waals surface area contributed by atoms with E-state index < -0.39 is 18.0 Å². The fraction of sp³-hybridized carbons (Fsp3) is 0.200. The zero-order chi connectivity index (χ0) is 20.5. The standard InChI is InChI=1S/C20H21N5O4/c26-18(11-10-16-19(27)22-20(28)25-23-16)24-21-12-15-8-4-5-9-17(15)29-13-14-6-2-1-3-7-14/h1-9,12,16,23H,10-11,13H2,(H,24,26)(H2,22,25,27,28)/b21-12+. The molecule has 1 fully saturated rings. The van der Waals surface area contributed by atoms with Crippen molar-refractivity contribution in [2.75, 3.05) is 0 Å². The van der Waals surface area contributed by atoms with Crippen LogP contribution in [0.15, 0.2) is 59.7 Å². The number of nitrogens with zero attached hydrogens (tertiary/aromatic N) is 1. The van der Waals surface area contributed by atoms with Crippen LogP contribution in [0, 0.1) is 0 Å². The lowest BCUT2D eigenvalue weighted by Gasteiger charge is -2.22. The second-order valence-corrected chi connectivity index (χ2v) is 6.28. The molecule has 1 saturated heterocycles. The number of hydrogen-bond donors (Lipinski definition) is 4. The van der Waals surface area contributed by atoms with E-state index in [1.54, 1.807) is 0 Å². The van der Waals surface area contributed by atoms with Crippen molar-refractivity contribution in [1.82, 2.24) is 21.6 Å². The first kappa shape index (κ1) is 20.0. The van der Waals surface area contributed by atoms with Gasteiger partial charge < -0.3 is 4.74 Å². The van der Waals surface area contributed by atoms with E-state index in [1.807, 2.05) is 54.6 Å². The number of hydrazine groups is 1. The Hall–Kier alpha value is -3.72. The first-order valence-corrected chi connectivity index (χ1v) is 9.06. The fourth-order valence-corrected chi connectivity index (χ4v) is 2.61. The van der Waals surface area contributed by atoms with Crippen molar-refractivity contribution in [1.29, 1.82) is 0 Å². The Kier molecular flexibility index (Phi) is 6.90. The highest BCUT2D eigenvalue weighted by Gasteiger charge is 2.25. The lowest BCUT2D eigenvalue weighted by Crippen LogP contribution is -2.62. The van der Waals surface area contributed by atoms with E-state index in [2.05, 4.69) is 26.7 Å². The molecule has 1 aliphatic rings. The molecule has 0 radical (unpaired) electrons.